The smallest absolute Gasteiger partial charge is 0.370 e. The van der Waals surface area contributed by atoms with Gasteiger partial charge in [-0.3, -0.25) is 0 Å². The first-order valence-corrected chi connectivity index (χ1v) is 5.37. The van der Waals surface area contributed by atoms with E-state index in [9.17, 15) is 13.2 Å². The van der Waals surface area contributed by atoms with Crippen LogP contribution in [0.25, 0.3) is 0 Å². The van der Waals surface area contributed by atoms with Crippen molar-refractivity contribution in [3.63, 3.8) is 0 Å². The minimum atomic E-state index is -4.25. The van der Waals surface area contributed by atoms with E-state index in [2.05, 4.69) is 20.6 Å². The van der Waals surface area contributed by atoms with Crippen molar-refractivity contribution in [2.75, 3.05) is 23.7 Å². The van der Waals surface area contributed by atoms with Gasteiger partial charge in [0.15, 0.2) is 0 Å². The normalized spacial score (nSPS) is 11.4. The number of anilines is 2. The lowest BCUT2D eigenvalue weighted by molar-refractivity contribution is -0.115. The molecule has 0 bridgehead atoms. The van der Waals surface area contributed by atoms with E-state index < -0.39 is 12.7 Å². The first-order chi connectivity index (χ1) is 7.94. The number of aryl methyl sites for hydroxylation is 1. The highest BCUT2D eigenvalue weighted by atomic mass is 19.4. The average Bonchev–Trinajstić information content (AvgIpc) is 2.25. The molecule has 0 radical (unpaired) electrons. The number of nitrogens with one attached hydrogen (secondary N) is 2. The molecule has 1 heterocycles. The molecule has 0 aliphatic carbocycles. The lowest BCUT2D eigenvalue weighted by atomic mass is 10.4. The first-order valence-electron chi connectivity index (χ1n) is 5.37. The van der Waals surface area contributed by atoms with Gasteiger partial charge in [0.05, 0.1) is 0 Å². The van der Waals surface area contributed by atoms with E-state index in [4.69, 9.17) is 0 Å². The Morgan fingerprint density at radius 2 is 1.71 bits per heavy atom. The molecule has 0 spiro atoms. The molecule has 96 valence electrons. The van der Waals surface area contributed by atoms with E-state index in [1.165, 1.54) is 6.07 Å². The molecular weight excluding hydrogens is 233 g/mol. The van der Waals surface area contributed by atoms with Crippen LogP contribution in [0.15, 0.2) is 6.07 Å². The lowest BCUT2D eigenvalue weighted by Gasteiger charge is -2.11. The van der Waals surface area contributed by atoms with Crippen molar-refractivity contribution in [1.29, 1.82) is 0 Å². The minimum Gasteiger partial charge on any atom is -0.370 e. The monoisotopic (exact) mass is 248 g/mol. The zero-order chi connectivity index (χ0) is 12.9. The van der Waals surface area contributed by atoms with E-state index in [1.54, 1.807) is 0 Å². The van der Waals surface area contributed by atoms with Crippen LogP contribution in [0.3, 0.4) is 0 Å². The summed E-state index contributed by atoms with van der Waals surface area (Å²) in [5.41, 5.74) is 0. The van der Waals surface area contributed by atoms with Gasteiger partial charge in [0.1, 0.15) is 24.0 Å². The van der Waals surface area contributed by atoms with Gasteiger partial charge in [-0.1, -0.05) is 6.92 Å². The Morgan fingerprint density at radius 1 is 1.12 bits per heavy atom. The van der Waals surface area contributed by atoms with Gasteiger partial charge in [-0.2, -0.15) is 13.2 Å². The molecule has 0 unspecified atom stereocenters. The second kappa shape index (κ2) is 5.70. The SMILES string of the molecule is CCNc1cc(NCC(F)(F)F)nc(CC)n1. The maximum atomic E-state index is 12.1. The summed E-state index contributed by atoms with van der Waals surface area (Å²) in [5.74, 6) is 1.22. The van der Waals surface area contributed by atoms with Gasteiger partial charge in [0, 0.05) is 19.0 Å². The third kappa shape index (κ3) is 4.88. The number of halogens is 3. The number of rotatable bonds is 5. The van der Waals surface area contributed by atoms with Crippen LogP contribution in [0, 0.1) is 0 Å². The molecule has 0 aliphatic rings. The zero-order valence-electron chi connectivity index (χ0n) is 9.73. The summed E-state index contributed by atoms with van der Waals surface area (Å²) >= 11 is 0. The van der Waals surface area contributed by atoms with Crippen LogP contribution in [0.1, 0.15) is 19.7 Å². The quantitative estimate of drug-likeness (QED) is 0.840. The standard InChI is InChI=1S/C10H15F3N4/c1-3-7-16-8(14-4-2)5-9(17-7)15-6-10(11,12)13/h5H,3-4,6H2,1-2H3,(H2,14,15,16,17). The summed E-state index contributed by atoms with van der Waals surface area (Å²) in [6.45, 7) is 3.28. The Balaban J connectivity index is 2.79. The predicted octanol–water partition coefficient (Wildman–Crippen LogP) is 2.45. The summed E-state index contributed by atoms with van der Waals surface area (Å²) < 4.78 is 36.2. The van der Waals surface area contributed by atoms with Crippen molar-refractivity contribution in [2.45, 2.75) is 26.4 Å². The van der Waals surface area contributed by atoms with E-state index in [-0.39, 0.29) is 5.82 Å². The molecule has 0 saturated heterocycles. The van der Waals surface area contributed by atoms with Crippen molar-refractivity contribution in [2.24, 2.45) is 0 Å². The van der Waals surface area contributed by atoms with Gasteiger partial charge in [0.25, 0.3) is 0 Å². The van der Waals surface area contributed by atoms with Crippen molar-refractivity contribution in [3.05, 3.63) is 11.9 Å². The fourth-order valence-corrected chi connectivity index (χ4v) is 1.21. The number of hydrogen-bond donors (Lipinski definition) is 2. The molecule has 0 amide bonds. The lowest BCUT2D eigenvalue weighted by Crippen LogP contribution is -2.22. The maximum absolute atomic E-state index is 12.1. The van der Waals surface area contributed by atoms with E-state index >= 15 is 0 Å². The fraction of sp³-hybridized carbons (Fsp3) is 0.600. The van der Waals surface area contributed by atoms with Gasteiger partial charge in [-0.25, -0.2) is 9.97 Å². The van der Waals surface area contributed by atoms with Crippen LogP contribution in [0.2, 0.25) is 0 Å². The predicted molar refractivity (Wildman–Crippen MR) is 60.1 cm³/mol. The van der Waals surface area contributed by atoms with Gasteiger partial charge in [-0.15, -0.1) is 0 Å². The van der Waals surface area contributed by atoms with Gasteiger partial charge < -0.3 is 10.6 Å². The highest BCUT2D eigenvalue weighted by Gasteiger charge is 2.26. The largest absolute Gasteiger partial charge is 0.405 e. The molecule has 1 aromatic rings. The third-order valence-corrected chi connectivity index (χ3v) is 1.92. The second-order valence-corrected chi connectivity index (χ2v) is 3.41. The molecule has 1 rings (SSSR count). The zero-order valence-corrected chi connectivity index (χ0v) is 9.73. The summed E-state index contributed by atoms with van der Waals surface area (Å²) in [7, 11) is 0. The molecule has 0 atom stereocenters. The van der Waals surface area contributed by atoms with Gasteiger partial charge in [0.2, 0.25) is 0 Å². The summed E-state index contributed by atoms with van der Waals surface area (Å²) in [6, 6.07) is 1.47. The number of nitrogens with zero attached hydrogens (tertiary/aromatic N) is 2. The summed E-state index contributed by atoms with van der Waals surface area (Å²) in [5, 5.41) is 5.19. The van der Waals surface area contributed by atoms with Crippen LogP contribution in [0.5, 0.6) is 0 Å². The summed E-state index contributed by atoms with van der Waals surface area (Å²) in [6.07, 6.45) is -3.68. The highest BCUT2D eigenvalue weighted by Crippen LogP contribution is 2.17. The van der Waals surface area contributed by atoms with Crippen molar-refractivity contribution in [3.8, 4) is 0 Å². The molecule has 0 aromatic carbocycles. The second-order valence-electron chi connectivity index (χ2n) is 3.41. The Labute approximate surface area is 97.7 Å². The third-order valence-electron chi connectivity index (χ3n) is 1.92. The van der Waals surface area contributed by atoms with Crippen LogP contribution in [-0.4, -0.2) is 29.2 Å². The number of aromatic nitrogens is 2. The van der Waals surface area contributed by atoms with Crippen molar-refractivity contribution >= 4 is 11.6 Å². The van der Waals surface area contributed by atoms with Gasteiger partial charge in [-0.05, 0) is 6.92 Å². The minimum absolute atomic E-state index is 0.185. The number of alkyl halides is 3. The molecular formula is C10H15F3N4. The molecule has 0 saturated carbocycles. The fourth-order valence-electron chi connectivity index (χ4n) is 1.21. The molecule has 17 heavy (non-hydrogen) atoms. The van der Waals surface area contributed by atoms with Crippen molar-refractivity contribution in [1.82, 2.24) is 9.97 Å². The van der Waals surface area contributed by atoms with E-state index in [0.717, 1.165) is 0 Å². The van der Waals surface area contributed by atoms with Crippen LogP contribution < -0.4 is 10.6 Å². The summed E-state index contributed by atoms with van der Waals surface area (Å²) in [4.78, 5) is 8.12. The highest BCUT2D eigenvalue weighted by molar-refractivity contribution is 5.47. The molecule has 2 N–H and O–H groups in total. The van der Waals surface area contributed by atoms with Gasteiger partial charge >= 0.3 is 6.18 Å². The molecule has 7 heteroatoms. The molecule has 0 fully saturated rings. The Hall–Kier alpha value is -1.53. The maximum Gasteiger partial charge on any atom is 0.405 e. The van der Waals surface area contributed by atoms with Crippen molar-refractivity contribution < 1.29 is 13.2 Å². The van der Waals surface area contributed by atoms with Crippen LogP contribution in [0.4, 0.5) is 24.8 Å². The molecule has 1 aromatic heterocycles. The topological polar surface area (TPSA) is 49.8 Å². The average molecular weight is 248 g/mol. The molecule has 4 nitrogen and oxygen atoms in total. The van der Waals surface area contributed by atoms with Crippen LogP contribution in [-0.2, 0) is 6.42 Å². The molecule has 0 aliphatic heterocycles. The van der Waals surface area contributed by atoms with E-state index in [1.807, 2.05) is 13.8 Å². The Morgan fingerprint density at radius 3 is 2.18 bits per heavy atom. The Bertz CT molecular complexity index is 365. The van der Waals surface area contributed by atoms with E-state index in [0.29, 0.717) is 24.6 Å². The first kappa shape index (κ1) is 13.5. The number of hydrogen-bond acceptors (Lipinski definition) is 4. The van der Waals surface area contributed by atoms with Crippen LogP contribution >= 0.6 is 0 Å². The Kier molecular flexibility index (Phi) is 4.53.